The van der Waals surface area contributed by atoms with Gasteiger partial charge in [0.05, 0.1) is 6.61 Å². The van der Waals surface area contributed by atoms with Gasteiger partial charge in [-0.2, -0.15) is 0 Å². The van der Waals surface area contributed by atoms with E-state index in [-0.39, 0.29) is 0 Å². The van der Waals surface area contributed by atoms with Gasteiger partial charge in [0.1, 0.15) is 0 Å². The monoisotopic (exact) mass is 240 g/mol. The maximum Gasteiger partial charge on any atom is 0.338 e. The lowest BCUT2D eigenvalue weighted by atomic mass is 9.92. The molecule has 1 N–H and O–H groups in total. The maximum absolute atomic E-state index is 10.9. The van der Waals surface area contributed by atoms with E-state index in [0.717, 1.165) is 12.3 Å². The Labute approximate surface area is 104 Å². The number of carbonyl (C=O) groups is 1. The molecule has 0 radical (unpaired) electrons. The van der Waals surface area contributed by atoms with E-state index in [0.29, 0.717) is 13.0 Å². The summed E-state index contributed by atoms with van der Waals surface area (Å²) in [6.07, 6.45) is 12.6. The van der Waals surface area contributed by atoms with E-state index in [1.54, 1.807) is 0 Å². The third-order valence-electron chi connectivity index (χ3n) is 4.30. The van der Waals surface area contributed by atoms with E-state index >= 15 is 0 Å². The number of hydrogen-bond acceptors (Lipinski definition) is 2. The Hall–Kier alpha value is -0.570. The summed E-state index contributed by atoms with van der Waals surface area (Å²) in [6.45, 7) is 0.422. The molecule has 1 heterocycles. The lowest BCUT2D eigenvalue weighted by Gasteiger charge is -2.13. The zero-order valence-electron chi connectivity index (χ0n) is 10.6. The van der Waals surface area contributed by atoms with Crippen molar-refractivity contribution in [2.45, 2.75) is 69.8 Å². The van der Waals surface area contributed by atoms with E-state index in [2.05, 4.69) is 0 Å². The van der Waals surface area contributed by atoms with Crippen LogP contribution >= 0.6 is 0 Å². The molecule has 2 aliphatic rings. The molecule has 17 heavy (non-hydrogen) atoms. The van der Waals surface area contributed by atoms with Crippen LogP contribution in [0, 0.1) is 5.92 Å². The van der Waals surface area contributed by atoms with Gasteiger partial charge in [0, 0.05) is 0 Å². The first-order chi connectivity index (χ1) is 8.23. The summed E-state index contributed by atoms with van der Waals surface area (Å²) in [7, 11) is 0. The molecule has 1 saturated carbocycles. The van der Waals surface area contributed by atoms with Crippen molar-refractivity contribution in [2.75, 3.05) is 6.61 Å². The molecule has 2 fully saturated rings. The molecule has 0 aromatic heterocycles. The predicted octanol–water partition coefficient (Wildman–Crippen LogP) is 3.37. The second kappa shape index (κ2) is 5.85. The lowest BCUT2D eigenvalue weighted by molar-refractivity contribution is -0.143. The molecule has 1 saturated heterocycles. The SMILES string of the molecule is O=C(O)C1(CCCCC2CCCCCC2)CO1. The zero-order valence-corrected chi connectivity index (χ0v) is 10.6. The summed E-state index contributed by atoms with van der Waals surface area (Å²) in [6, 6.07) is 0. The molecule has 2 rings (SSSR count). The second-order valence-corrected chi connectivity index (χ2v) is 5.69. The largest absolute Gasteiger partial charge is 0.479 e. The molecule has 0 bridgehead atoms. The fourth-order valence-electron chi connectivity index (χ4n) is 2.96. The number of epoxide rings is 1. The van der Waals surface area contributed by atoms with Gasteiger partial charge in [-0.25, -0.2) is 4.79 Å². The molecule has 0 spiro atoms. The van der Waals surface area contributed by atoms with Crippen LogP contribution in [-0.4, -0.2) is 23.3 Å². The minimum absolute atomic E-state index is 0.422. The Morgan fingerprint density at radius 3 is 2.35 bits per heavy atom. The van der Waals surface area contributed by atoms with E-state index in [1.807, 2.05) is 0 Å². The summed E-state index contributed by atoms with van der Waals surface area (Å²) in [5.74, 6) is 0.130. The van der Waals surface area contributed by atoms with Crippen molar-refractivity contribution < 1.29 is 14.6 Å². The van der Waals surface area contributed by atoms with E-state index in [9.17, 15) is 4.79 Å². The van der Waals surface area contributed by atoms with Gasteiger partial charge in [-0.1, -0.05) is 51.4 Å². The lowest BCUT2D eigenvalue weighted by Crippen LogP contribution is -2.23. The van der Waals surface area contributed by atoms with Crippen molar-refractivity contribution in [1.29, 1.82) is 0 Å². The molecule has 1 aliphatic heterocycles. The minimum atomic E-state index is -0.788. The average molecular weight is 240 g/mol. The topological polar surface area (TPSA) is 49.8 Å². The van der Waals surface area contributed by atoms with Crippen molar-refractivity contribution >= 4 is 5.97 Å². The third-order valence-corrected chi connectivity index (χ3v) is 4.30. The Bertz CT molecular complexity index is 250. The third kappa shape index (κ3) is 3.70. The molecule has 1 aliphatic carbocycles. The summed E-state index contributed by atoms with van der Waals surface area (Å²) >= 11 is 0. The van der Waals surface area contributed by atoms with Gasteiger partial charge in [0.15, 0.2) is 5.60 Å². The van der Waals surface area contributed by atoms with Gasteiger partial charge in [0.25, 0.3) is 0 Å². The summed E-state index contributed by atoms with van der Waals surface area (Å²) in [5, 5.41) is 8.96. The van der Waals surface area contributed by atoms with Crippen LogP contribution in [0.15, 0.2) is 0 Å². The number of ether oxygens (including phenoxy) is 1. The summed E-state index contributed by atoms with van der Waals surface area (Å²) in [5.41, 5.74) is -0.788. The Morgan fingerprint density at radius 1 is 1.18 bits per heavy atom. The average Bonchev–Trinajstić information content (AvgIpc) is 3.10. The zero-order chi connectivity index (χ0) is 12.1. The Kier molecular flexibility index (Phi) is 4.43. The number of aliphatic carboxylic acids is 1. The van der Waals surface area contributed by atoms with Gasteiger partial charge in [-0.3, -0.25) is 0 Å². The van der Waals surface area contributed by atoms with Crippen LogP contribution in [0.4, 0.5) is 0 Å². The van der Waals surface area contributed by atoms with Crippen LogP contribution < -0.4 is 0 Å². The highest BCUT2D eigenvalue weighted by atomic mass is 16.6. The molecule has 3 heteroatoms. The van der Waals surface area contributed by atoms with Crippen molar-refractivity contribution in [3.63, 3.8) is 0 Å². The van der Waals surface area contributed by atoms with Crippen LogP contribution in [0.5, 0.6) is 0 Å². The highest BCUT2D eigenvalue weighted by Crippen LogP contribution is 2.34. The molecule has 98 valence electrons. The maximum atomic E-state index is 10.9. The number of carboxylic acids is 1. The van der Waals surface area contributed by atoms with E-state index < -0.39 is 11.6 Å². The number of rotatable bonds is 6. The standard InChI is InChI=1S/C14H24O3/c15-13(16)14(11-17-14)10-6-5-9-12-7-3-1-2-4-8-12/h12H,1-11H2,(H,15,16). The summed E-state index contributed by atoms with van der Waals surface area (Å²) in [4.78, 5) is 10.9. The van der Waals surface area contributed by atoms with Crippen LogP contribution in [0.2, 0.25) is 0 Å². The molecule has 1 atom stereocenters. The number of carboxylic acid groups (broad SMARTS) is 1. The molecule has 3 nitrogen and oxygen atoms in total. The van der Waals surface area contributed by atoms with Crippen molar-refractivity contribution in [3.8, 4) is 0 Å². The van der Waals surface area contributed by atoms with Gasteiger partial charge in [-0.15, -0.1) is 0 Å². The van der Waals surface area contributed by atoms with Gasteiger partial charge in [0.2, 0.25) is 0 Å². The molecular weight excluding hydrogens is 216 g/mol. The first-order valence-electron chi connectivity index (χ1n) is 7.10. The normalized spacial score (nSPS) is 29.9. The van der Waals surface area contributed by atoms with E-state index in [4.69, 9.17) is 9.84 Å². The van der Waals surface area contributed by atoms with Crippen molar-refractivity contribution in [3.05, 3.63) is 0 Å². The smallest absolute Gasteiger partial charge is 0.338 e. The van der Waals surface area contributed by atoms with Crippen LogP contribution in [0.3, 0.4) is 0 Å². The first-order valence-corrected chi connectivity index (χ1v) is 7.10. The fraction of sp³-hybridized carbons (Fsp3) is 0.929. The molecule has 0 aromatic rings. The molecule has 1 unspecified atom stereocenters. The number of hydrogen-bond donors (Lipinski definition) is 1. The highest BCUT2D eigenvalue weighted by Gasteiger charge is 2.51. The molecule has 0 aromatic carbocycles. The minimum Gasteiger partial charge on any atom is -0.479 e. The quantitative estimate of drug-likeness (QED) is 0.440. The Morgan fingerprint density at radius 2 is 1.82 bits per heavy atom. The van der Waals surface area contributed by atoms with Crippen LogP contribution in [-0.2, 0) is 9.53 Å². The first kappa shape index (κ1) is 12.9. The highest BCUT2D eigenvalue weighted by molar-refractivity contribution is 5.80. The number of unbranched alkanes of at least 4 members (excludes halogenated alkanes) is 1. The predicted molar refractivity (Wildman–Crippen MR) is 66.0 cm³/mol. The van der Waals surface area contributed by atoms with Crippen molar-refractivity contribution in [2.24, 2.45) is 5.92 Å². The fourth-order valence-corrected chi connectivity index (χ4v) is 2.96. The van der Waals surface area contributed by atoms with Crippen LogP contribution in [0.25, 0.3) is 0 Å². The van der Waals surface area contributed by atoms with Gasteiger partial charge < -0.3 is 9.84 Å². The van der Waals surface area contributed by atoms with Crippen molar-refractivity contribution in [1.82, 2.24) is 0 Å². The summed E-state index contributed by atoms with van der Waals surface area (Å²) < 4.78 is 5.07. The second-order valence-electron chi connectivity index (χ2n) is 5.69. The van der Waals surface area contributed by atoms with Gasteiger partial charge >= 0.3 is 5.97 Å². The van der Waals surface area contributed by atoms with E-state index in [1.165, 1.54) is 51.4 Å². The molecular formula is C14H24O3. The van der Waals surface area contributed by atoms with Crippen LogP contribution in [0.1, 0.15) is 64.2 Å². The Balaban J connectivity index is 1.58. The van der Waals surface area contributed by atoms with Gasteiger partial charge in [-0.05, 0) is 18.8 Å². The molecule has 0 amide bonds.